The fraction of sp³-hybridized carbons (Fsp3) is 0.182. The van der Waals surface area contributed by atoms with E-state index in [1.54, 1.807) is 35.2 Å². The SMILES string of the molecule is O=C(Nc1cc(C(=O)N(CCO)CCc2ccccc2)ccc1Cl)c1cccs1. The number of anilines is 1. The molecule has 29 heavy (non-hydrogen) atoms. The lowest BCUT2D eigenvalue weighted by molar-refractivity contribution is 0.0723. The Kier molecular flexibility index (Phi) is 7.41. The van der Waals surface area contributed by atoms with Crippen LogP contribution in [0.4, 0.5) is 5.69 Å². The Balaban J connectivity index is 1.74. The highest BCUT2D eigenvalue weighted by Gasteiger charge is 2.18. The maximum Gasteiger partial charge on any atom is 0.265 e. The monoisotopic (exact) mass is 428 g/mol. The van der Waals surface area contributed by atoms with Crippen molar-refractivity contribution in [3.63, 3.8) is 0 Å². The van der Waals surface area contributed by atoms with Crippen LogP contribution in [0, 0.1) is 0 Å². The van der Waals surface area contributed by atoms with E-state index in [0.29, 0.717) is 34.1 Å². The van der Waals surface area contributed by atoms with Gasteiger partial charge in [0, 0.05) is 18.7 Å². The Hall–Kier alpha value is -2.67. The molecule has 7 heteroatoms. The average Bonchev–Trinajstić information content (AvgIpc) is 3.28. The van der Waals surface area contributed by atoms with Gasteiger partial charge in [0.1, 0.15) is 0 Å². The van der Waals surface area contributed by atoms with Crippen molar-refractivity contribution in [2.24, 2.45) is 0 Å². The number of rotatable bonds is 8. The Bertz CT molecular complexity index is 961. The molecular weight excluding hydrogens is 408 g/mol. The summed E-state index contributed by atoms with van der Waals surface area (Å²) in [6.45, 7) is 0.574. The maximum absolute atomic E-state index is 13.0. The molecule has 150 valence electrons. The van der Waals surface area contributed by atoms with Gasteiger partial charge in [0.05, 0.1) is 22.2 Å². The first-order chi connectivity index (χ1) is 14.1. The second kappa shape index (κ2) is 10.2. The molecule has 0 aliphatic carbocycles. The number of thiophene rings is 1. The third kappa shape index (κ3) is 5.67. The second-order valence-electron chi connectivity index (χ2n) is 6.38. The number of aliphatic hydroxyl groups is 1. The van der Waals surface area contributed by atoms with Crippen LogP contribution in [0.5, 0.6) is 0 Å². The fourth-order valence-corrected chi connectivity index (χ4v) is 3.66. The molecular formula is C22H21ClN2O3S. The first-order valence-electron chi connectivity index (χ1n) is 9.17. The van der Waals surface area contributed by atoms with Gasteiger partial charge >= 0.3 is 0 Å². The Labute approximate surface area is 178 Å². The van der Waals surface area contributed by atoms with Gasteiger partial charge in [-0.3, -0.25) is 9.59 Å². The summed E-state index contributed by atoms with van der Waals surface area (Å²) in [4.78, 5) is 27.5. The lowest BCUT2D eigenvalue weighted by Crippen LogP contribution is -2.35. The van der Waals surface area contributed by atoms with E-state index in [4.69, 9.17) is 11.6 Å². The van der Waals surface area contributed by atoms with E-state index in [2.05, 4.69) is 5.32 Å². The zero-order chi connectivity index (χ0) is 20.6. The first kappa shape index (κ1) is 21.0. The van der Waals surface area contributed by atoms with Crippen molar-refractivity contribution in [2.45, 2.75) is 6.42 Å². The van der Waals surface area contributed by atoms with Gasteiger partial charge in [-0.1, -0.05) is 48.0 Å². The molecule has 2 amide bonds. The van der Waals surface area contributed by atoms with Gasteiger partial charge in [0.15, 0.2) is 0 Å². The number of amides is 2. The fourth-order valence-electron chi connectivity index (χ4n) is 2.87. The van der Waals surface area contributed by atoms with Crippen molar-refractivity contribution in [2.75, 3.05) is 25.0 Å². The minimum atomic E-state index is -0.275. The van der Waals surface area contributed by atoms with Crippen molar-refractivity contribution in [1.82, 2.24) is 4.90 Å². The first-order valence-corrected chi connectivity index (χ1v) is 10.4. The molecule has 0 fully saturated rings. The molecule has 2 aromatic carbocycles. The van der Waals surface area contributed by atoms with Crippen molar-refractivity contribution >= 4 is 40.4 Å². The van der Waals surface area contributed by atoms with Crippen LogP contribution in [0.2, 0.25) is 5.02 Å². The number of carbonyl (C=O) groups is 2. The number of benzene rings is 2. The predicted molar refractivity (Wildman–Crippen MR) is 117 cm³/mol. The molecule has 0 aliphatic rings. The van der Waals surface area contributed by atoms with Gasteiger partial charge in [-0.2, -0.15) is 0 Å². The lowest BCUT2D eigenvalue weighted by Gasteiger charge is -2.22. The van der Waals surface area contributed by atoms with E-state index in [9.17, 15) is 14.7 Å². The number of hydrogen-bond acceptors (Lipinski definition) is 4. The average molecular weight is 429 g/mol. The van der Waals surface area contributed by atoms with Crippen molar-refractivity contribution in [3.8, 4) is 0 Å². The summed E-state index contributed by atoms with van der Waals surface area (Å²) in [7, 11) is 0. The molecule has 1 aromatic heterocycles. The predicted octanol–water partition coefficient (Wildman–Crippen LogP) is 4.33. The second-order valence-corrected chi connectivity index (χ2v) is 7.73. The summed E-state index contributed by atoms with van der Waals surface area (Å²) in [6, 6.07) is 18.2. The quantitative estimate of drug-likeness (QED) is 0.561. The molecule has 3 aromatic rings. The molecule has 0 spiro atoms. The number of nitrogens with zero attached hydrogens (tertiary/aromatic N) is 1. The van der Waals surface area contributed by atoms with Crippen LogP contribution in [0.3, 0.4) is 0 Å². The highest BCUT2D eigenvalue weighted by Crippen LogP contribution is 2.25. The number of hydrogen-bond donors (Lipinski definition) is 2. The van der Waals surface area contributed by atoms with E-state index >= 15 is 0 Å². The Morgan fingerprint density at radius 2 is 1.83 bits per heavy atom. The van der Waals surface area contributed by atoms with E-state index < -0.39 is 0 Å². The maximum atomic E-state index is 13.0. The molecule has 0 saturated heterocycles. The van der Waals surface area contributed by atoms with Gasteiger partial charge in [-0.05, 0) is 41.6 Å². The van der Waals surface area contributed by atoms with Gasteiger partial charge in [-0.15, -0.1) is 11.3 Å². The Morgan fingerprint density at radius 1 is 1.03 bits per heavy atom. The van der Waals surface area contributed by atoms with E-state index in [0.717, 1.165) is 5.56 Å². The standard InChI is InChI=1S/C22H21ClN2O3S/c23-18-9-8-17(15-19(18)24-21(27)20-7-4-14-29-20)22(28)25(12-13-26)11-10-16-5-2-1-3-6-16/h1-9,14-15,26H,10-13H2,(H,24,27). The summed E-state index contributed by atoms with van der Waals surface area (Å²) in [5.74, 6) is -0.499. The molecule has 0 unspecified atom stereocenters. The van der Waals surface area contributed by atoms with Crippen LogP contribution in [0.25, 0.3) is 0 Å². The smallest absolute Gasteiger partial charge is 0.265 e. The van der Waals surface area contributed by atoms with Crippen LogP contribution in [0.15, 0.2) is 66.0 Å². The van der Waals surface area contributed by atoms with Gasteiger partial charge in [0.2, 0.25) is 0 Å². The molecule has 0 atom stereocenters. The molecule has 1 heterocycles. The van der Waals surface area contributed by atoms with E-state index in [1.165, 1.54) is 11.3 Å². The Morgan fingerprint density at radius 3 is 2.52 bits per heavy atom. The van der Waals surface area contributed by atoms with Crippen molar-refractivity contribution in [1.29, 1.82) is 0 Å². The molecule has 5 nitrogen and oxygen atoms in total. The van der Waals surface area contributed by atoms with Crippen LogP contribution in [0.1, 0.15) is 25.6 Å². The molecule has 2 N–H and O–H groups in total. The summed E-state index contributed by atoms with van der Waals surface area (Å²) in [5, 5.41) is 14.3. The minimum absolute atomic E-state index is 0.129. The zero-order valence-electron chi connectivity index (χ0n) is 15.7. The minimum Gasteiger partial charge on any atom is -0.395 e. The highest BCUT2D eigenvalue weighted by molar-refractivity contribution is 7.12. The lowest BCUT2D eigenvalue weighted by atomic mass is 10.1. The third-order valence-corrected chi connectivity index (χ3v) is 5.58. The van der Waals surface area contributed by atoms with Gasteiger partial charge in [0.25, 0.3) is 11.8 Å². The molecule has 3 rings (SSSR count). The summed E-state index contributed by atoms with van der Waals surface area (Å²) < 4.78 is 0. The number of nitrogens with one attached hydrogen (secondary N) is 1. The number of carbonyl (C=O) groups excluding carboxylic acids is 2. The molecule has 0 bridgehead atoms. The molecule has 0 saturated carbocycles. The number of halogens is 1. The summed E-state index contributed by atoms with van der Waals surface area (Å²) in [5.41, 5.74) is 1.89. The normalized spacial score (nSPS) is 10.6. The van der Waals surface area contributed by atoms with Crippen LogP contribution in [-0.2, 0) is 6.42 Å². The van der Waals surface area contributed by atoms with Crippen LogP contribution < -0.4 is 5.32 Å². The summed E-state index contributed by atoms with van der Waals surface area (Å²) >= 11 is 7.54. The summed E-state index contributed by atoms with van der Waals surface area (Å²) in [6.07, 6.45) is 0.683. The zero-order valence-corrected chi connectivity index (χ0v) is 17.2. The van der Waals surface area contributed by atoms with Crippen molar-refractivity contribution in [3.05, 3.63) is 87.1 Å². The van der Waals surface area contributed by atoms with Crippen LogP contribution >= 0.6 is 22.9 Å². The van der Waals surface area contributed by atoms with Gasteiger partial charge < -0.3 is 15.3 Å². The van der Waals surface area contributed by atoms with E-state index in [1.807, 2.05) is 35.7 Å². The molecule has 0 radical (unpaired) electrons. The van der Waals surface area contributed by atoms with Gasteiger partial charge in [-0.25, -0.2) is 0 Å². The third-order valence-electron chi connectivity index (χ3n) is 4.38. The topological polar surface area (TPSA) is 69.6 Å². The largest absolute Gasteiger partial charge is 0.395 e. The van der Waals surface area contributed by atoms with Crippen LogP contribution in [-0.4, -0.2) is 41.5 Å². The van der Waals surface area contributed by atoms with E-state index in [-0.39, 0.29) is 25.0 Å². The number of aliphatic hydroxyl groups excluding tert-OH is 1. The molecule has 0 aliphatic heterocycles. The van der Waals surface area contributed by atoms with Crippen molar-refractivity contribution < 1.29 is 14.7 Å². The highest BCUT2D eigenvalue weighted by atomic mass is 35.5.